The van der Waals surface area contributed by atoms with Crippen LogP contribution in [0.25, 0.3) is 16.9 Å². The molecule has 0 aliphatic carbocycles. The second kappa shape index (κ2) is 9.14. The van der Waals surface area contributed by atoms with Crippen LogP contribution in [0.5, 0.6) is 5.75 Å². The molecule has 0 spiro atoms. The lowest BCUT2D eigenvalue weighted by atomic mass is 10.1. The Morgan fingerprint density at radius 3 is 2.52 bits per heavy atom. The average molecular weight is 420 g/mol. The molecule has 7 heteroatoms. The molecule has 0 aliphatic heterocycles. The number of aryl methyl sites for hydroxylation is 1. The smallest absolute Gasteiger partial charge is 0.136 e. The van der Waals surface area contributed by atoms with Gasteiger partial charge in [0.15, 0.2) is 0 Å². The molecule has 0 bridgehead atoms. The molecule has 2 aromatic carbocycles. The molecule has 0 atom stereocenters. The van der Waals surface area contributed by atoms with Crippen LogP contribution in [0.3, 0.4) is 0 Å². The third-order valence-electron chi connectivity index (χ3n) is 5.25. The first-order valence-corrected chi connectivity index (χ1v) is 10.2. The van der Waals surface area contributed by atoms with Crippen molar-refractivity contribution in [3.05, 3.63) is 84.1 Å². The highest BCUT2D eigenvalue weighted by molar-refractivity contribution is 5.65. The number of benzene rings is 2. The minimum Gasteiger partial charge on any atom is -0.497 e. The van der Waals surface area contributed by atoms with E-state index in [9.17, 15) is 4.39 Å². The van der Waals surface area contributed by atoms with Crippen molar-refractivity contribution in [3.8, 4) is 22.7 Å². The predicted octanol–water partition coefficient (Wildman–Crippen LogP) is 4.44. The predicted molar refractivity (Wildman–Crippen MR) is 119 cm³/mol. The summed E-state index contributed by atoms with van der Waals surface area (Å²) in [6.07, 6.45) is 5.88. The Labute approximate surface area is 181 Å². The molecule has 0 saturated carbocycles. The van der Waals surface area contributed by atoms with Crippen molar-refractivity contribution in [3.63, 3.8) is 0 Å². The van der Waals surface area contributed by atoms with Crippen LogP contribution in [-0.2, 0) is 20.1 Å². The molecule has 0 unspecified atom stereocenters. The van der Waals surface area contributed by atoms with Gasteiger partial charge in [-0.15, -0.1) is 0 Å². The van der Waals surface area contributed by atoms with Crippen LogP contribution >= 0.6 is 0 Å². The summed E-state index contributed by atoms with van der Waals surface area (Å²) in [4.78, 5) is 2.29. The van der Waals surface area contributed by atoms with Gasteiger partial charge in [-0.25, -0.2) is 9.07 Å². The summed E-state index contributed by atoms with van der Waals surface area (Å²) in [5.74, 6) is 0.131. The third kappa shape index (κ3) is 4.67. The molecule has 0 aliphatic rings. The van der Waals surface area contributed by atoms with E-state index < -0.39 is 0 Å². The van der Waals surface area contributed by atoms with Crippen molar-refractivity contribution in [2.45, 2.75) is 20.0 Å². The highest BCUT2D eigenvalue weighted by Gasteiger charge is 2.19. The lowest BCUT2D eigenvalue weighted by Crippen LogP contribution is -2.22. The highest BCUT2D eigenvalue weighted by Crippen LogP contribution is 2.30. The maximum Gasteiger partial charge on any atom is 0.136 e. The number of para-hydroxylation sites is 1. The van der Waals surface area contributed by atoms with Crippen molar-refractivity contribution in [2.24, 2.45) is 7.05 Å². The zero-order chi connectivity index (χ0) is 21.8. The molecule has 2 heterocycles. The van der Waals surface area contributed by atoms with Crippen molar-refractivity contribution in [1.29, 1.82) is 0 Å². The molecule has 4 rings (SSSR count). The topological polar surface area (TPSA) is 48.1 Å². The molecule has 0 N–H and O–H groups in total. The number of rotatable bonds is 8. The number of methoxy groups -OCH3 is 1. The first-order valence-electron chi connectivity index (χ1n) is 10.2. The van der Waals surface area contributed by atoms with E-state index >= 15 is 0 Å². The summed E-state index contributed by atoms with van der Waals surface area (Å²) in [5, 5.41) is 9.02. The Kier molecular flexibility index (Phi) is 6.13. The fraction of sp³-hybridized carbons (Fsp3) is 0.250. The first-order chi connectivity index (χ1) is 15.1. The number of ether oxygens (including phenoxy) is 1. The van der Waals surface area contributed by atoms with Crippen LogP contribution < -0.4 is 4.74 Å². The summed E-state index contributed by atoms with van der Waals surface area (Å²) in [6.45, 7) is 4.35. The second-order valence-corrected chi connectivity index (χ2v) is 7.45. The number of nitrogens with zero attached hydrogens (tertiary/aromatic N) is 5. The fourth-order valence-electron chi connectivity index (χ4n) is 3.61. The van der Waals surface area contributed by atoms with Gasteiger partial charge in [0.2, 0.25) is 0 Å². The van der Waals surface area contributed by atoms with E-state index in [1.54, 1.807) is 16.8 Å². The minimum absolute atomic E-state index is 0.353. The Bertz CT molecular complexity index is 1150. The molecule has 4 aromatic rings. The molecular weight excluding hydrogens is 393 g/mol. The van der Waals surface area contributed by atoms with Gasteiger partial charge in [-0.05, 0) is 30.8 Å². The van der Waals surface area contributed by atoms with Gasteiger partial charge in [0.25, 0.3) is 0 Å². The maximum atomic E-state index is 14.9. The van der Waals surface area contributed by atoms with E-state index in [1.165, 1.54) is 13.2 Å². The Balaban J connectivity index is 1.71. The molecular formula is C24H26FN5O. The summed E-state index contributed by atoms with van der Waals surface area (Å²) < 4.78 is 23.7. The largest absolute Gasteiger partial charge is 0.497 e. The molecule has 0 saturated heterocycles. The van der Waals surface area contributed by atoms with Crippen molar-refractivity contribution in [2.75, 3.05) is 13.7 Å². The van der Waals surface area contributed by atoms with Gasteiger partial charge in [-0.2, -0.15) is 10.2 Å². The van der Waals surface area contributed by atoms with Gasteiger partial charge >= 0.3 is 0 Å². The Hall–Kier alpha value is -3.45. The van der Waals surface area contributed by atoms with Gasteiger partial charge in [-0.1, -0.05) is 25.1 Å². The van der Waals surface area contributed by atoms with E-state index in [-0.39, 0.29) is 5.82 Å². The van der Waals surface area contributed by atoms with Crippen LogP contribution in [0.4, 0.5) is 4.39 Å². The van der Waals surface area contributed by atoms with E-state index in [4.69, 9.17) is 9.84 Å². The van der Waals surface area contributed by atoms with Gasteiger partial charge < -0.3 is 4.74 Å². The quantitative estimate of drug-likeness (QED) is 0.424. The second-order valence-electron chi connectivity index (χ2n) is 7.45. The zero-order valence-corrected chi connectivity index (χ0v) is 18.0. The van der Waals surface area contributed by atoms with E-state index in [1.807, 2.05) is 60.7 Å². The molecule has 0 amide bonds. The van der Waals surface area contributed by atoms with Crippen LogP contribution in [0.15, 0.2) is 67.1 Å². The monoisotopic (exact) mass is 419 g/mol. The molecule has 0 fully saturated rings. The standard InChI is InChI=1S/C24H26FN5O/c1-4-29(15-18-13-26-28(2)14-18)16-19-17-30(20-8-6-5-7-9-20)27-24(19)22-11-10-21(31-3)12-23(22)25/h5-14,17H,4,15-16H2,1-3H3. The lowest BCUT2D eigenvalue weighted by molar-refractivity contribution is 0.271. The number of halogens is 1. The van der Waals surface area contributed by atoms with Crippen molar-refractivity contribution < 1.29 is 9.13 Å². The van der Waals surface area contributed by atoms with Gasteiger partial charge in [0.05, 0.1) is 19.0 Å². The van der Waals surface area contributed by atoms with Crippen LogP contribution in [0.1, 0.15) is 18.1 Å². The Morgan fingerprint density at radius 2 is 1.87 bits per heavy atom. The first kappa shape index (κ1) is 20.8. The van der Waals surface area contributed by atoms with Gasteiger partial charge in [-0.3, -0.25) is 9.58 Å². The summed E-state index contributed by atoms with van der Waals surface area (Å²) >= 11 is 0. The molecule has 31 heavy (non-hydrogen) atoms. The van der Waals surface area contributed by atoms with E-state index in [0.29, 0.717) is 23.6 Å². The molecule has 0 radical (unpaired) electrons. The van der Waals surface area contributed by atoms with Gasteiger partial charge in [0.1, 0.15) is 17.3 Å². The van der Waals surface area contributed by atoms with Crippen LogP contribution in [0.2, 0.25) is 0 Å². The fourth-order valence-corrected chi connectivity index (χ4v) is 3.61. The normalized spacial score (nSPS) is 11.3. The number of aromatic nitrogens is 4. The van der Waals surface area contributed by atoms with Crippen LogP contribution in [-0.4, -0.2) is 38.1 Å². The number of hydrogen-bond acceptors (Lipinski definition) is 4. The van der Waals surface area contributed by atoms with Crippen LogP contribution in [0, 0.1) is 5.82 Å². The van der Waals surface area contributed by atoms with E-state index in [2.05, 4.69) is 16.9 Å². The summed E-state index contributed by atoms with van der Waals surface area (Å²) in [6, 6.07) is 14.7. The summed E-state index contributed by atoms with van der Waals surface area (Å²) in [7, 11) is 3.44. The third-order valence-corrected chi connectivity index (χ3v) is 5.25. The lowest BCUT2D eigenvalue weighted by Gasteiger charge is -2.19. The zero-order valence-electron chi connectivity index (χ0n) is 18.0. The SMILES string of the molecule is CCN(Cc1cnn(C)c1)Cc1cn(-c2ccccc2)nc1-c1ccc(OC)cc1F. The molecule has 6 nitrogen and oxygen atoms in total. The van der Waals surface area contributed by atoms with Gasteiger partial charge in [0, 0.05) is 55.3 Å². The highest BCUT2D eigenvalue weighted by atomic mass is 19.1. The van der Waals surface area contributed by atoms with E-state index in [0.717, 1.165) is 29.9 Å². The molecule has 2 aromatic heterocycles. The summed E-state index contributed by atoms with van der Waals surface area (Å²) in [5.41, 5.74) is 4.12. The minimum atomic E-state index is -0.353. The van der Waals surface area contributed by atoms with Crippen molar-refractivity contribution >= 4 is 0 Å². The van der Waals surface area contributed by atoms with Crippen molar-refractivity contribution in [1.82, 2.24) is 24.5 Å². The maximum absolute atomic E-state index is 14.9. The molecule has 160 valence electrons. The average Bonchev–Trinajstić information content (AvgIpc) is 3.39. The Morgan fingerprint density at radius 1 is 1.06 bits per heavy atom. The number of hydrogen-bond donors (Lipinski definition) is 0.